The second kappa shape index (κ2) is 5.72. The fraction of sp³-hybridized carbons (Fsp3) is 0.625. The first-order valence-electron chi connectivity index (χ1n) is 5.28. The van der Waals surface area contributed by atoms with Crippen LogP contribution in [0.4, 0.5) is 26.3 Å². The molecule has 0 aliphatic carbocycles. The topological polar surface area (TPSA) is 77.1 Å². The van der Waals surface area contributed by atoms with Gasteiger partial charge in [0, 0.05) is 0 Å². The zero-order valence-electron chi connectivity index (χ0n) is 10.5. The Balaban J connectivity index is 2.79. The van der Waals surface area contributed by atoms with Gasteiger partial charge in [-0.3, -0.25) is 0 Å². The van der Waals surface area contributed by atoms with Gasteiger partial charge in [0.1, 0.15) is 18.9 Å². The molecule has 0 aromatic carbocycles. The van der Waals surface area contributed by atoms with Crippen LogP contribution in [0, 0.1) is 0 Å². The summed E-state index contributed by atoms with van der Waals surface area (Å²) in [4.78, 5) is 0. The number of alkyl halides is 6. The lowest BCUT2D eigenvalue weighted by Crippen LogP contribution is -2.38. The van der Waals surface area contributed by atoms with Gasteiger partial charge in [-0.25, -0.2) is 26.0 Å². The van der Waals surface area contributed by atoms with E-state index >= 15 is 0 Å². The Morgan fingerprint density at radius 3 is 1.86 bits per heavy atom. The van der Waals surface area contributed by atoms with Crippen LogP contribution in [0.3, 0.4) is 0 Å². The van der Waals surface area contributed by atoms with Crippen molar-refractivity contribution in [2.24, 2.45) is 0 Å². The third kappa shape index (κ3) is 4.34. The molecule has 0 fully saturated rings. The van der Waals surface area contributed by atoms with Crippen molar-refractivity contribution in [1.82, 2.24) is 4.57 Å². The minimum absolute atomic E-state index is 0.559. The lowest BCUT2D eigenvalue weighted by molar-refractivity contribution is -0.692. The molecule has 14 heteroatoms. The van der Waals surface area contributed by atoms with Gasteiger partial charge in [0.15, 0.2) is 5.88 Å². The van der Waals surface area contributed by atoms with E-state index in [2.05, 4.69) is 0 Å². The lowest BCUT2D eigenvalue weighted by Gasteiger charge is -2.06. The zero-order valence-corrected chi connectivity index (χ0v) is 12.1. The van der Waals surface area contributed by atoms with Gasteiger partial charge in [-0.05, 0) is 0 Å². The summed E-state index contributed by atoms with van der Waals surface area (Å²) in [6, 6.07) is 0. The molecule has 0 N–H and O–H groups in total. The first-order chi connectivity index (χ1) is 9.66. The summed E-state index contributed by atoms with van der Waals surface area (Å²) in [6.45, 7) is -0.694. The van der Waals surface area contributed by atoms with Gasteiger partial charge in [0.05, 0.1) is 5.75 Å². The van der Waals surface area contributed by atoms with Crippen LogP contribution < -0.4 is 4.57 Å². The number of aryl methyl sites for hydroxylation is 1. The number of halogens is 6. The number of hydrogen-bond acceptors (Lipinski definition) is 4. The predicted octanol–water partition coefficient (Wildman–Crippen LogP) is 0.602. The number of rotatable bonds is 5. The van der Waals surface area contributed by atoms with Crippen LogP contribution in [0.5, 0.6) is 0 Å². The highest BCUT2D eigenvalue weighted by Crippen LogP contribution is 2.25. The zero-order chi connectivity index (χ0) is 17.4. The van der Waals surface area contributed by atoms with Crippen LogP contribution in [0.1, 0.15) is 0 Å². The van der Waals surface area contributed by atoms with E-state index in [1.54, 1.807) is 0 Å². The van der Waals surface area contributed by atoms with Crippen LogP contribution in [0.2, 0.25) is 0 Å². The van der Waals surface area contributed by atoms with Gasteiger partial charge in [-0.15, -0.1) is 0 Å². The number of sulfone groups is 2. The monoisotopic (exact) mass is 375 g/mol. The van der Waals surface area contributed by atoms with Crippen molar-refractivity contribution in [3.8, 4) is 0 Å². The molecule has 0 amide bonds. The van der Waals surface area contributed by atoms with Crippen molar-refractivity contribution in [2.45, 2.75) is 23.4 Å². The molecule has 128 valence electrons. The molecule has 6 nitrogen and oxygen atoms in total. The molecule has 1 aromatic heterocycles. The highest BCUT2D eigenvalue weighted by Gasteiger charge is 2.47. The Bertz CT molecular complexity index is 731. The van der Waals surface area contributed by atoms with Crippen LogP contribution in [0.15, 0.2) is 18.7 Å². The minimum atomic E-state index is -5.47. The minimum Gasteiger partial charge on any atom is -0.236 e. The highest BCUT2D eigenvalue weighted by molar-refractivity contribution is 7.92. The van der Waals surface area contributed by atoms with Crippen LogP contribution >= 0.6 is 0 Å². The molecule has 0 aliphatic heterocycles. The van der Waals surface area contributed by atoms with Gasteiger partial charge in [-0.1, -0.05) is 0 Å². The molecule has 0 unspecified atom stereocenters. The average molecular weight is 375 g/mol. The van der Waals surface area contributed by atoms with Gasteiger partial charge in [-0.2, -0.15) is 26.3 Å². The fourth-order valence-electron chi connectivity index (χ4n) is 1.26. The standard InChI is InChI=1S/C8H9F6N2O4S2/c9-7(10,11)21(17,18)4-3-15-1-2-16(5-15)6-22(19,20)8(12,13)14/h1-2,5H,3-4,6H2/q+1. The Morgan fingerprint density at radius 2 is 1.41 bits per heavy atom. The molecule has 0 aliphatic rings. The largest absolute Gasteiger partial charge is 0.501 e. The molecular weight excluding hydrogens is 366 g/mol. The summed E-state index contributed by atoms with van der Waals surface area (Å²) in [5, 5.41) is 0. The maximum Gasteiger partial charge on any atom is 0.501 e. The smallest absolute Gasteiger partial charge is 0.236 e. The Kier molecular flexibility index (Phi) is 4.87. The summed E-state index contributed by atoms with van der Waals surface area (Å²) in [7, 11) is -10.8. The maximum atomic E-state index is 12.1. The van der Waals surface area contributed by atoms with Crippen LogP contribution in [-0.2, 0) is 32.1 Å². The third-order valence-corrected chi connectivity index (χ3v) is 5.16. The summed E-state index contributed by atoms with van der Waals surface area (Å²) in [5.74, 6) is -2.78. The first-order valence-corrected chi connectivity index (χ1v) is 8.59. The fourth-order valence-corrected chi connectivity index (χ4v) is 2.63. The van der Waals surface area contributed by atoms with Gasteiger partial charge < -0.3 is 0 Å². The molecule has 22 heavy (non-hydrogen) atoms. The van der Waals surface area contributed by atoms with Crippen molar-refractivity contribution >= 4 is 19.7 Å². The second-order valence-electron chi connectivity index (χ2n) is 4.12. The third-order valence-electron chi connectivity index (χ3n) is 2.39. The second-order valence-corrected chi connectivity index (χ2v) is 8.17. The van der Waals surface area contributed by atoms with E-state index in [1.165, 1.54) is 0 Å². The number of aromatic nitrogens is 2. The number of nitrogens with zero attached hydrogens (tertiary/aromatic N) is 2. The highest BCUT2D eigenvalue weighted by atomic mass is 32.2. The molecule has 0 saturated carbocycles. The Labute approximate surface area is 120 Å². The van der Waals surface area contributed by atoms with Crippen molar-refractivity contribution in [3.05, 3.63) is 18.7 Å². The summed E-state index contributed by atoms with van der Waals surface area (Å²) < 4.78 is 117. The quantitative estimate of drug-likeness (QED) is 0.558. The summed E-state index contributed by atoms with van der Waals surface area (Å²) >= 11 is 0. The molecule has 1 aromatic rings. The van der Waals surface area contributed by atoms with Crippen molar-refractivity contribution in [3.63, 3.8) is 0 Å². The molecule has 0 spiro atoms. The molecule has 1 heterocycles. The SMILES string of the molecule is O=S(=O)(CC[n+]1ccn(CS(=O)(=O)C(F)(F)F)c1)C(F)(F)F. The van der Waals surface area contributed by atoms with E-state index in [4.69, 9.17) is 0 Å². The summed E-state index contributed by atoms with van der Waals surface area (Å²) in [5.41, 5.74) is -10.9. The number of hydrogen-bond donors (Lipinski definition) is 0. The van der Waals surface area contributed by atoms with Crippen LogP contribution in [-0.4, -0.2) is 38.2 Å². The maximum absolute atomic E-state index is 12.1. The molecular formula is C8H9F6N2O4S2+. The van der Waals surface area contributed by atoms with Crippen molar-refractivity contribution in [1.29, 1.82) is 0 Å². The molecule has 0 saturated heterocycles. The molecule has 0 atom stereocenters. The molecule has 1 rings (SSSR count). The van der Waals surface area contributed by atoms with Gasteiger partial charge in [0.25, 0.3) is 19.7 Å². The van der Waals surface area contributed by atoms with Gasteiger partial charge >= 0.3 is 11.0 Å². The predicted molar refractivity (Wildman–Crippen MR) is 59.4 cm³/mol. The van der Waals surface area contributed by atoms with Crippen molar-refractivity contribution < 1.29 is 47.7 Å². The van der Waals surface area contributed by atoms with Crippen molar-refractivity contribution in [2.75, 3.05) is 5.75 Å². The molecule has 0 radical (unpaired) electrons. The normalized spacial score (nSPS) is 14.3. The van der Waals surface area contributed by atoms with E-state index in [9.17, 15) is 43.2 Å². The van der Waals surface area contributed by atoms with Crippen LogP contribution in [0.25, 0.3) is 0 Å². The Morgan fingerprint density at radius 1 is 0.909 bits per heavy atom. The number of imidazole rings is 1. The first kappa shape index (κ1) is 18.7. The van der Waals surface area contributed by atoms with E-state index in [0.717, 1.165) is 23.3 Å². The Hall–Kier alpha value is -1.31. The lowest BCUT2D eigenvalue weighted by atomic mass is 10.7. The van der Waals surface area contributed by atoms with E-state index in [1.807, 2.05) is 0 Å². The van der Waals surface area contributed by atoms with E-state index in [-0.39, 0.29) is 0 Å². The summed E-state index contributed by atoms with van der Waals surface area (Å²) in [6.07, 6.45) is 2.58. The van der Waals surface area contributed by atoms with Gasteiger partial charge in [0.2, 0.25) is 6.33 Å². The van der Waals surface area contributed by atoms with E-state index in [0.29, 0.717) is 4.57 Å². The van der Waals surface area contributed by atoms with E-state index < -0.39 is 48.9 Å². The molecule has 0 bridgehead atoms. The average Bonchev–Trinajstić information content (AvgIpc) is 2.70.